The summed E-state index contributed by atoms with van der Waals surface area (Å²) in [4.78, 5) is 22.9. The van der Waals surface area contributed by atoms with E-state index in [9.17, 15) is 18.0 Å². The van der Waals surface area contributed by atoms with Gasteiger partial charge in [-0.2, -0.15) is 4.31 Å². The number of nitrogens with zero attached hydrogens (tertiary/aromatic N) is 2. The van der Waals surface area contributed by atoms with E-state index in [1.165, 1.54) is 23.7 Å². The summed E-state index contributed by atoms with van der Waals surface area (Å²) in [5.41, 5.74) is -0.446. The lowest BCUT2D eigenvalue weighted by molar-refractivity contribution is -0.141. The summed E-state index contributed by atoms with van der Waals surface area (Å²) in [6, 6.07) is 2.43. The predicted octanol–water partition coefficient (Wildman–Crippen LogP) is 0.196. The van der Waals surface area contributed by atoms with Crippen LogP contribution in [-0.4, -0.2) is 43.5 Å². The van der Waals surface area contributed by atoms with Crippen LogP contribution in [0, 0.1) is 0 Å². The summed E-state index contributed by atoms with van der Waals surface area (Å²) in [5, 5.41) is 0. The van der Waals surface area contributed by atoms with Crippen molar-refractivity contribution in [3.8, 4) is 0 Å². The molecule has 2 heterocycles. The molecule has 21 heavy (non-hydrogen) atoms. The van der Waals surface area contributed by atoms with E-state index < -0.39 is 21.6 Å². The van der Waals surface area contributed by atoms with Crippen molar-refractivity contribution in [1.82, 2.24) is 8.87 Å². The highest BCUT2D eigenvalue weighted by Crippen LogP contribution is 2.19. The van der Waals surface area contributed by atoms with Gasteiger partial charge in [0.25, 0.3) is 5.56 Å². The average molecular weight is 314 g/mol. The first-order valence-corrected chi connectivity index (χ1v) is 8.16. The maximum absolute atomic E-state index is 12.5. The molecule has 8 heteroatoms. The number of pyridine rings is 1. The summed E-state index contributed by atoms with van der Waals surface area (Å²) in [5.74, 6) is -0.607. The third-order valence-electron chi connectivity index (χ3n) is 3.44. The number of hydrogen-bond acceptors (Lipinski definition) is 5. The second-order valence-corrected chi connectivity index (χ2v) is 6.81. The molecule has 7 nitrogen and oxygen atoms in total. The minimum atomic E-state index is -3.62. The SMILES string of the molecule is COC(=O)Cn1cc(S(=O)(=O)N2CCCCC2)ccc1=O. The molecule has 1 aromatic heterocycles. The molecule has 1 saturated heterocycles. The Kier molecular flexibility index (Phi) is 4.79. The number of hydrogen-bond donors (Lipinski definition) is 0. The zero-order valence-corrected chi connectivity index (χ0v) is 12.6. The van der Waals surface area contributed by atoms with E-state index in [1.807, 2.05) is 0 Å². The van der Waals surface area contributed by atoms with Crippen LogP contribution in [-0.2, 0) is 26.1 Å². The van der Waals surface area contributed by atoms with Crippen molar-refractivity contribution in [2.45, 2.75) is 30.7 Å². The molecule has 0 atom stereocenters. The topological polar surface area (TPSA) is 85.7 Å². The van der Waals surface area contributed by atoms with Crippen molar-refractivity contribution in [3.63, 3.8) is 0 Å². The van der Waals surface area contributed by atoms with Crippen LogP contribution in [0.4, 0.5) is 0 Å². The average Bonchev–Trinajstić information content (AvgIpc) is 2.50. The number of sulfonamides is 1. The van der Waals surface area contributed by atoms with Crippen molar-refractivity contribution in [1.29, 1.82) is 0 Å². The van der Waals surface area contributed by atoms with Crippen LogP contribution in [0.15, 0.2) is 28.0 Å². The molecule has 0 aliphatic carbocycles. The van der Waals surface area contributed by atoms with Crippen LogP contribution < -0.4 is 5.56 Å². The molecule has 0 radical (unpaired) electrons. The van der Waals surface area contributed by atoms with Gasteiger partial charge in [-0.3, -0.25) is 9.59 Å². The van der Waals surface area contributed by atoms with Crippen LogP contribution in [0.3, 0.4) is 0 Å². The molecule has 2 rings (SSSR count). The van der Waals surface area contributed by atoms with E-state index in [4.69, 9.17) is 0 Å². The maximum atomic E-state index is 12.5. The smallest absolute Gasteiger partial charge is 0.325 e. The van der Waals surface area contributed by atoms with E-state index in [0.29, 0.717) is 13.1 Å². The third kappa shape index (κ3) is 3.51. The minimum Gasteiger partial charge on any atom is -0.468 e. The summed E-state index contributed by atoms with van der Waals surface area (Å²) in [7, 11) is -2.41. The normalized spacial score (nSPS) is 16.6. The molecule has 0 aromatic carbocycles. The minimum absolute atomic E-state index is 0.0212. The van der Waals surface area contributed by atoms with Gasteiger partial charge in [-0.25, -0.2) is 8.42 Å². The molecule has 0 amide bonds. The van der Waals surface area contributed by atoms with Gasteiger partial charge < -0.3 is 9.30 Å². The van der Waals surface area contributed by atoms with Crippen LogP contribution >= 0.6 is 0 Å². The molecule has 116 valence electrons. The van der Waals surface area contributed by atoms with Crippen molar-refractivity contribution in [3.05, 3.63) is 28.7 Å². The molecule has 0 unspecified atom stereocenters. The Morgan fingerprint density at radius 2 is 1.90 bits per heavy atom. The Bertz CT molecular complexity index is 674. The van der Waals surface area contributed by atoms with Gasteiger partial charge in [0.05, 0.1) is 12.0 Å². The molecule has 0 saturated carbocycles. The fraction of sp³-hybridized carbons (Fsp3) is 0.538. The fourth-order valence-electron chi connectivity index (χ4n) is 2.24. The van der Waals surface area contributed by atoms with Crippen LogP contribution in [0.1, 0.15) is 19.3 Å². The summed E-state index contributed by atoms with van der Waals surface area (Å²) < 4.78 is 32.0. The number of aromatic nitrogens is 1. The monoisotopic (exact) mass is 314 g/mol. The highest BCUT2D eigenvalue weighted by molar-refractivity contribution is 7.89. The molecule has 0 spiro atoms. The van der Waals surface area contributed by atoms with E-state index in [2.05, 4.69) is 4.74 Å². The van der Waals surface area contributed by atoms with Gasteiger partial charge in [-0.15, -0.1) is 0 Å². The lowest BCUT2D eigenvalue weighted by Crippen LogP contribution is -2.36. The number of ether oxygens (including phenoxy) is 1. The lowest BCUT2D eigenvalue weighted by atomic mass is 10.2. The first-order valence-electron chi connectivity index (χ1n) is 6.72. The fourth-order valence-corrected chi connectivity index (χ4v) is 3.78. The van der Waals surface area contributed by atoms with Gasteiger partial charge >= 0.3 is 5.97 Å². The quantitative estimate of drug-likeness (QED) is 0.741. The molecule has 1 fully saturated rings. The zero-order chi connectivity index (χ0) is 15.5. The molecule has 1 aliphatic rings. The highest BCUT2D eigenvalue weighted by Gasteiger charge is 2.26. The second kappa shape index (κ2) is 6.40. The van der Waals surface area contributed by atoms with Crippen LogP contribution in [0.25, 0.3) is 0 Å². The third-order valence-corrected chi connectivity index (χ3v) is 5.32. The Morgan fingerprint density at radius 3 is 2.52 bits per heavy atom. The standard InChI is InChI=1S/C13H18N2O5S/c1-20-13(17)10-14-9-11(5-6-12(14)16)21(18,19)15-7-3-2-4-8-15/h5-6,9H,2-4,7-8,10H2,1H3. The number of carbonyl (C=O) groups excluding carboxylic acids is 1. The number of rotatable bonds is 4. The lowest BCUT2D eigenvalue weighted by Gasteiger charge is -2.26. The largest absolute Gasteiger partial charge is 0.468 e. The molecule has 0 N–H and O–H groups in total. The Labute approximate surface area is 123 Å². The van der Waals surface area contributed by atoms with E-state index in [0.717, 1.165) is 29.9 Å². The summed E-state index contributed by atoms with van der Waals surface area (Å²) >= 11 is 0. The Balaban J connectivity index is 2.33. The number of esters is 1. The van der Waals surface area contributed by atoms with E-state index >= 15 is 0 Å². The van der Waals surface area contributed by atoms with Gasteiger partial charge in [0.1, 0.15) is 6.54 Å². The zero-order valence-electron chi connectivity index (χ0n) is 11.8. The maximum Gasteiger partial charge on any atom is 0.325 e. The van der Waals surface area contributed by atoms with Crippen molar-refractivity contribution in [2.24, 2.45) is 0 Å². The second-order valence-electron chi connectivity index (χ2n) is 4.87. The van der Waals surface area contributed by atoms with Crippen LogP contribution in [0.2, 0.25) is 0 Å². The first-order chi connectivity index (χ1) is 9.95. The number of carbonyl (C=O) groups is 1. The van der Waals surface area contributed by atoms with Crippen molar-refractivity contribution >= 4 is 16.0 Å². The summed E-state index contributed by atoms with van der Waals surface area (Å²) in [6.45, 7) is 0.662. The predicted molar refractivity (Wildman–Crippen MR) is 75.3 cm³/mol. The number of piperidine rings is 1. The van der Waals surface area contributed by atoms with Gasteiger partial charge in [0, 0.05) is 25.4 Å². The van der Waals surface area contributed by atoms with Crippen LogP contribution in [0.5, 0.6) is 0 Å². The van der Waals surface area contributed by atoms with Gasteiger partial charge in [0.15, 0.2) is 0 Å². The molecule has 0 bridgehead atoms. The van der Waals surface area contributed by atoms with E-state index in [1.54, 1.807) is 0 Å². The van der Waals surface area contributed by atoms with Crippen molar-refractivity contribution in [2.75, 3.05) is 20.2 Å². The highest BCUT2D eigenvalue weighted by atomic mass is 32.2. The Morgan fingerprint density at radius 1 is 1.24 bits per heavy atom. The first kappa shape index (κ1) is 15.7. The summed E-state index contributed by atoms with van der Waals surface area (Å²) in [6.07, 6.45) is 3.89. The molecular weight excluding hydrogens is 296 g/mol. The number of methoxy groups -OCH3 is 1. The molecular formula is C13H18N2O5S. The van der Waals surface area contributed by atoms with Crippen molar-refractivity contribution < 1.29 is 17.9 Å². The molecule has 1 aromatic rings. The molecule has 1 aliphatic heterocycles. The Hall–Kier alpha value is -1.67. The van der Waals surface area contributed by atoms with Gasteiger partial charge in [-0.05, 0) is 18.9 Å². The van der Waals surface area contributed by atoms with Gasteiger partial charge in [0.2, 0.25) is 10.0 Å². The van der Waals surface area contributed by atoms with E-state index in [-0.39, 0.29) is 11.4 Å². The van der Waals surface area contributed by atoms with Gasteiger partial charge in [-0.1, -0.05) is 6.42 Å².